The second-order valence-electron chi connectivity index (χ2n) is 3.97. The molecule has 0 saturated carbocycles. The molecule has 1 rings (SSSR count). The lowest BCUT2D eigenvalue weighted by molar-refractivity contribution is 0.0582. The predicted octanol–water partition coefficient (Wildman–Crippen LogP) is -1.51. The maximum Gasteiger partial charge on any atom is 0.260 e. The van der Waals surface area contributed by atoms with Crippen LogP contribution >= 0.6 is 22.9 Å². The third-order valence-corrected chi connectivity index (χ3v) is 5.45. The van der Waals surface area contributed by atoms with Crippen molar-refractivity contribution in [1.82, 2.24) is 4.72 Å². The van der Waals surface area contributed by atoms with Crippen molar-refractivity contribution in [3.63, 3.8) is 0 Å². The molecule has 0 unspecified atom stereocenters. The van der Waals surface area contributed by atoms with Gasteiger partial charge in [0.1, 0.15) is 15.3 Å². The lowest BCUT2D eigenvalue weighted by Crippen LogP contribution is -2.56. The molecule has 6 N–H and O–H groups in total. The van der Waals surface area contributed by atoms with Gasteiger partial charge in [0.2, 0.25) is 10.0 Å². The zero-order chi connectivity index (χ0) is 15.6. The number of hydrogen-bond donors (Lipinski definition) is 5. The Morgan fingerprint density at radius 1 is 1.35 bits per heavy atom. The maximum atomic E-state index is 12.2. The van der Waals surface area contributed by atoms with Crippen LogP contribution in [-0.2, 0) is 10.0 Å². The van der Waals surface area contributed by atoms with Gasteiger partial charge in [-0.05, 0) is 6.07 Å². The highest BCUT2D eigenvalue weighted by atomic mass is 35.5. The average molecular weight is 345 g/mol. The number of nitrogens with one attached hydrogen (secondary N) is 1. The minimum absolute atomic E-state index is 0.0294. The zero-order valence-electron chi connectivity index (χ0n) is 10.0. The van der Waals surface area contributed by atoms with Crippen molar-refractivity contribution in [2.45, 2.75) is 10.4 Å². The van der Waals surface area contributed by atoms with Gasteiger partial charge in [-0.2, -0.15) is 4.72 Å². The summed E-state index contributed by atoms with van der Waals surface area (Å²) in [6, 6.07) is 1.02. The topological polar surface area (TPSA) is 150 Å². The van der Waals surface area contributed by atoms with Gasteiger partial charge in [0, 0.05) is 0 Å². The zero-order valence-corrected chi connectivity index (χ0v) is 12.4. The molecule has 1 amide bonds. The number of halogens is 1. The van der Waals surface area contributed by atoms with Crippen molar-refractivity contribution in [1.29, 1.82) is 0 Å². The van der Waals surface area contributed by atoms with Crippen molar-refractivity contribution in [3.05, 3.63) is 15.3 Å². The normalized spacial score (nSPS) is 12.6. The Morgan fingerprint density at radius 3 is 2.25 bits per heavy atom. The molecule has 0 aliphatic rings. The van der Waals surface area contributed by atoms with Crippen LogP contribution in [0.4, 0.5) is 0 Å². The van der Waals surface area contributed by atoms with Crippen LogP contribution in [0.25, 0.3) is 0 Å². The average Bonchev–Trinajstić information content (AvgIpc) is 2.79. The third-order valence-electron chi connectivity index (χ3n) is 2.44. The molecule has 1 aromatic rings. The van der Waals surface area contributed by atoms with E-state index in [1.54, 1.807) is 0 Å². The predicted molar refractivity (Wildman–Crippen MR) is 72.2 cm³/mol. The monoisotopic (exact) mass is 344 g/mol. The van der Waals surface area contributed by atoms with Gasteiger partial charge in [-0.25, -0.2) is 8.42 Å². The summed E-state index contributed by atoms with van der Waals surface area (Å²) in [4.78, 5) is 10.4. The Kier molecular flexibility index (Phi) is 5.49. The van der Waals surface area contributed by atoms with Crippen molar-refractivity contribution in [2.75, 3.05) is 19.8 Å². The first kappa shape index (κ1) is 17.3. The Balaban J connectivity index is 3.27. The smallest absolute Gasteiger partial charge is 0.260 e. The highest BCUT2D eigenvalue weighted by Gasteiger charge is 2.36. The number of aliphatic hydroxyl groups excluding tert-OH is 3. The number of rotatable bonds is 7. The van der Waals surface area contributed by atoms with E-state index in [0.717, 1.165) is 6.07 Å². The van der Waals surface area contributed by atoms with E-state index in [2.05, 4.69) is 0 Å². The summed E-state index contributed by atoms with van der Waals surface area (Å²) in [5, 5.41) is 27.3. The van der Waals surface area contributed by atoms with Crippen LogP contribution < -0.4 is 10.5 Å². The Labute approximate surface area is 123 Å². The van der Waals surface area contributed by atoms with Crippen LogP contribution in [0, 0.1) is 0 Å². The first-order valence-corrected chi connectivity index (χ1v) is 7.85. The number of nitrogens with two attached hydrogens (primary N) is 1. The van der Waals surface area contributed by atoms with Crippen LogP contribution in [0.1, 0.15) is 9.67 Å². The molecule has 11 heteroatoms. The molecule has 0 bridgehead atoms. The largest absolute Gasteiger partial charge is 0.394 e. The lowest BCUT2D eigenvalue weighted by atomic mass is 10.1. The first-order valence-electron chi connectivity index (χ1n) is 5.17. The minimum Gasteiger partial charge on any atom is -0.394 e. The molecule has 0 saturated heterocycles. The van der Waals surface area contributed by atoms with Crippen LogP contribution in [-0.4, -0.2) is 55.0 Å². The van der Waals surface area contributed by atoms with Gasteiger partial charge in [-0.1, -0.05) is 11.6 Å². The first-order chi connectivity index (χ1) is 9.21. The molecule has 0 aliphatic carbocycles. The molecule has 0 atom stereocenters. The summed E-state index contributed by atoms with van der Waals surface area (Å²) in [5.74, 6) is -0.982. The number of carbonyl (C=O) groups excluding carboxylic acids is 1. The van der Waals surface area contributed by atoms with E-state index in [1.807, 2.05) is 4.72 Å². The molecule has 114 valence electrons. The maximum absolute atomic E-state index is 12.2. The van der Waals surface area contributed by atoms with Gasteiger partial charge in [0.05, 0.1) is 24.2 Å². The van der Waals surface area contributed by atoms with E-state index in [4.69, 9.17) is 32.7 Å². The van der Waals surface area contributed by atoms with Crippen LogP contribution in [0.15, 0.2) is 11.0 Å². The van der Waals surface area contributed by atoms with Crippen molar-refractivity contribution in [3.8, 4) is 0 Å². The third kappa shape index (κ3) is 3.47. The molecule has 8 nitrogen and oxygen atoms in total. The minimum atomic E-state index is -4.31. The number of amides is 1. The number of aliphatic hydroxyl groups is 3. The Bertz CT molecular complexity index is 587. The van der Waals surface area contributed by atoms with Gasteiger partial charge >= 0.3 is 0 Å². The highest BCUT2D eigenvalue weighted by Crippen LogP contribution is 2.30. The van der Waals surface area contributed by atoms with Gasteiger partial charge < -0.3 is 21.1 Å². The summed E-state index contributed by atoms with van der Waals surface area (Å²) in [6.45, 7) is -2.53. The highest BCUT2D eigenvalue weighted by molar-refractivity contribution is 7.89. The molecule has 0 radical (unpaired) electrons. The molecule has 0 aliphatic heterocycles. The van der Waals surface area contributed by atoms with Gasteiger partial charge in [-0.15, -0.1) is 11.3 Å². The van der Waals surface area contributed by atoms with Crippen LogP contribution in [0.5, 0.6) is 0 Å². The molecule has 0 aromatic carbocycles. The molecular formula is C9H13ClN2O6S2. The van der Waals surface area contributed by atoms with Crippen molar-refractivity contribution >= 4 is 38.9 Å². The quantitative estimate of drug-likeness (QED) is 0.406. The van der Waals surface area contributed by atoms with E-state index in [9.17, 15) is 13.2 Å². The Hall–Kier alpha value is -0.750. The second-order valence-corrected chi connectivity index (χ2v) is 7.30. The second kappa shape index (κ2) is 6.35. The van der Waals surface area contributed by atoms with E-state index >= 15 is 0 Å². The van der Waals surface area contributed by atoms with E-state index < -0.39 is 46.2 Å². The fourth-order valence-electron chi connectivity index (χ4n) is 1.30. The molecule has 1 aromatic heterocycles. The summed E-state index contributed by atoms with van der Waals surface area (Å²) in [5.41, 5.74) is 3.20. The SMILES string of the molecule is NC(=O)c1sc(Cl)cc1S(=O)(=O)NC(CO)(CO)CO. The summed E-state index contributed by atoms with van der Waals surface area (Å²) < 4.78 is 26.3. The standard InChI is InChI=1S/C9H13ClN2O6S2/c10-6-1-5(7(19-6)8(11)16)20(17,18)12-9(2-13,3-14)4-15/h1,12-15H,2-4H2,(H2,11,16). The number of thiophene rings is 1. The van der Waals surface area contributed by atoms with Gasteiger partial charge in [0.15, 0.2) is 0 Å². The fourth-order valence-corrected chi connectivity index (χ4v) is 4.36. The fraction of sp³-hybridized carbons (Fsp3) is 0.444. The van der Waals surface area contributed by atoms with Gasteiger partial charge in [0.25, 0.3) is 5.91 Å². The van der Waals surface area contributed by atoms with Gasteiger partial charge in [-0.3, -0.25) is 4.79 Å². The van der Waals surface area contributed by atoms with Crippen molar-refractivity contribution in [2.24, 2.45) is 5.73 Å². The number of primary amides is 1. The van der Waals surface area contributed by atoms with E-state index in [1.165, 1.54) is 0 Å². The van der Waals surface area contributed by atoms with E-state index in [0.29, 0.717) is 11.3 Å². The summed E-state index contributed by atoms with van der Waals surface area (Å²) in [6.07, 6.45) is 0. The number of hydrogen-bond acceptors (Lipinski definition) is 7. The molecular weight excluding hydrogens is 332 g/mol. The molecule has 1 heterocycles. The van der Waals surface area contributed by atoms with Crippen LogP contribution in [0.3, 0.4) is 0 Å². The lowest BCUT2D eigenvalue weighted by Gasteiger charge is -2.28. The van der Waals surface area contributed by atoms with E-state index in [-0.39, 0.29) is 9.21 Å². The number of carbonyl (C=O) groups is 1. The molecule has 0 spiro atoms. The van der Waals surface area contributed by atoms with Crippen LogP contribution in [0.2, 0.25) is 4.34 Å². The molecule has 20 heavy (non-hydrogen) atoms. The molecule has 0 fully saturated rings. The number of sulfonamides is 1. The Morgan fingerprint density at radius 2 is 1.85 bits per heavy atom. The summed E-state index contributed by atoms with van der Waals surface area (Å²) in [7, 11) is -4.31. The van der Waals surface area contributed by atoms with Crippen molar-refractivity contribution < 1.29 is 28.5 Å². The summed E-state index contributed by atoms with van der Waals surface area (Å²) >= 11 is 6.34.